The van der Waals surface area contributed by atoms with Crippen LogP contribution in [0.5, 0.6) is 11.5 Å². The third-order valence-corrected chi connectivity index (χ3v) is 5.64. The van der Waals surface area contributed by atoms with E-state index in [0.717, 1.165) is 0 Å². The van der Waals surface area contributed by atoms with Crippen molar-refractivity contribution < 1.29 is 32.3 Å². The van der Waals surface area contributed by atoms with Crippen molar-refractivity contribution in [1.29, 1.82) is 0 Å². The van der Waals surface area contributed by atoms with E-state index in [2.05, 4.69) is 0 Å². The zero-order valence-corrected chi connectivity index (χ0v) is 15.9. The molecule has 0 fully saturated rings. The number of Topliss-reactive ketones (excluding diaryl/α,β-unsaturated/α-hetero) is 1. The quantitative estimate of drug-likeness (QED) is 0.459. The summed E-state index contributed by atoms with van der Waals surface area (Å²) < 4.78 is 29.4. The highest BCUT2D eigenvalue weighted by molar-refractivity contribution is 7.92. The van der Waals surface area contributed by atoms with Gasteiger partial charge in [0.25, 0.3) is 0 Å². The Kier molecular flexibility index (Phi) is 4.85. The lowest BCUT2D eigenvalue weighted by Crippen LogP contribution is -2.25. The molecule has 1 N–H and O–H groups in total. The lowest BCUT2D eigenvalue weighted by molar-refractivity contribution is -0.173. The Morgan fingerprint density at radius 2 is 1.62 bits per heavy atom. The molecule has 7 nitrogen and oxygen atoms in total. The SMILES string of the molecule is O=C1/C(=C/C=CCCC2=C(O)c3ccccc3OO2)S(=O)(=O)Oc2ccccc21. The van der Waals surface area contributed by atoms with Gasteiger partial charge in [-0.15, -0.1) is 0 Å². The number of hydrogen-bond donors (Lipinski definition) is 1. The summed E-state index contributed by atoms with van der Waals surface area (Å²) in [4.78, 5) is 22.3. The van der Waals surface area contributed by atoms with Crippen LogP contribution in [-0.4, -0.2) is 19.3 Å². The minimum absolute atomic E-state index is 0.00588. The molecule has 2 aliphatic heterocycles. The Bertz CT molecular complexity index is 1170. The topological polar surface area (TPSA) is 99.1 Å². The molecule has 2 aromatic carbocycles. The monoisotopic (exact) mass is 412 g/mol. The second-order valence-corrected chi connectivity index (χ2v) is 7.81. The minimum Gasteiger partial charge on any atom is -0.504 e. The summed E-state index contributed by atoms with van der Waals surface area (Å²) in [5.74, 6) is 0.0943. The average molecular weight is 412 g/mol. The summed E-state index contributed by atoms with van der Waals surface area (Å²) in [5, 5.41) is 10.3. The molecule has 2 aromatic rings. The predicted octanol–water partition coefficient (Wildman–Crippen LogP) is 4.06. The molecule has 4 rings (SSSR count). The number of carbonyl (C=O) groups is 1. The third-order valence-electron chi connectivity index (χ3n) is 4.38. The van der Waals surface area contributed by atoms with Crippen LogP contribution in [0.3, 0.4) is 0 Å². The number of para-hydroxylation sites is 2. The van der Waals surface area contributed by atoms with Crippen LogP contribution in [0.25, 0.3) is 5.76 Å². The maximum absolute atomic E-state index is 12.5. The van der Waals surface area contributed by atoms with E-state index in [1.165, 1.54) is 24.3 Å². The third kappa shape index (κ3) is 3.62. The highest BCUT2D eigenvalue weighted by Gasteiger charge is 2.35. The highest BCUT2D eigenvalue weighted by atomic mass is 32.2. The van der Waals surface area contributed by atoms with Crippen molar-refractivity contribution in [3.63, 3.8) is 0 Å². The van der Waals surface area contributed by atoms with Crippen LogP contribution in [0.1, 0.15) is 28.8 Å². The van der Waals surface area contributed by atoms with Crippen molar-refractivity contribution in [2.75, 3.05) is 0 Å². The van der Waals surface area contributed by atoms with Gasteiger partial charge in [0.05, 0.1) is 11.1 Å². The van der Waals surface area contributed by atoms with Crippen molar-refractivity contribution in [2.24, 2.45) is 0 Å². The van der Waals surface area contributed by atoms with Gasteiger partial charge in [-0.05, 0) is 36.8 Å². The number of benzene rings is 2. The molecule has 0 atom stereocenters. The van der Waals surface area contributed by atoms with Gasteiger partial charge in [0.15, 0.2) is 27.9 Å². The number of aliphatic hydroxyl groups is 1. The van der Waals surface area contributed by atoms with Crippen LogP contribution >= 0.6 is 0 Å². The van der Waals surface area contributed by atoms with Crippen LogP contribution in [0.4, 0.5) is 0 Å². The average Bonchev–Trinajstić information content (AvgIpc) is 2.71. The van der Waals surface area contributed by atoms with E-state index in [-0.39, 0.29) is 22.8 Å². The fourth-order valence-electron chi connectivity index (χ4n) is 2.94. The molecule has 2 heterocycles. The van der Waals surface area contributed by atoms with Gasteiger partial charge in [0.2, 0.25) is 5.78 Å². The predicted molar refractivity (Wildman–Crippen MR) is 104 cm³/mol. The highest BCUT2D eigenvalue weighted by Crippen LogP contribution is 2.34. The van der Waals surface area contributed by atoms with E-state index >= 15 is 0 Å². The summed E-state index contributed by atoms with van der Waals surface area (Å²) in [7, 11) is -4.17. The van der Waals surface area contributed by atoms with E-state index in [9.17, 15) is 18.3 Å². The fraction of sp³-hybridized carbons (Fsp3) is 0.0952. The Morgan fingerprint density at radius 1 is 0.931 bits per heavy atom. The summed E-state index contributed by atoms with van der Waals surface area (Å²) >= 11 is 0. The van der Waals surface area contributed by atoms with E-state index in [4.69, 9.17) is 14.0 Å². The molecule has 0 aliphatic carbocycles. The van der Waals surface area contributed by atoms with Gasteiger partial charge < -0.3 is 9.29 Å². The number of fused-ring (bicyclic) bond motifs is 2. The van der Waals surface area contributed by atoms with E-state index in [1.54, 1.807) is 42.5 Å². The lowest BCUT2D eigenvalue weighted by atomic mass is 10.1. The standard InChI is InChI=1S/C21H16O7S/c22-20-14-8-4-6-10-16(14)26-27-18(20)12-2-1-3-13-19-21(23)15-9-5-7-11-17(15)28-29(19,24)25/h1,3-11,13,22H,2,12H2/b3-1?,19-13-. The van der Waals surface area contributed by atoms with Gasteiger partial charge in [-0.3, -0.25) is 14.6 Å². The molecule has 0 spiro atoms. The zero-order chi connectivity index (χ0) is 20.4. The first-order valence-corrected chi connectivity index (χ1v) is 10.2. The van der Waals surface area contributed by atoms with Gasteiger partial charge >= 0.3 is 10.1 Å². The molecule has 0 saturated heterocycles. The van der Waals surface area contributed by atoms with Gasteiger partial charge in [0.1, 0.15) is 0 Å². The second kappa shape index (κ2) is 7.48. The van der Waals surface area contributed by atoms with Crippen LogP contribution in [0.15, 0.2) is 77.4 Å². The number of allylic oxidation sites excluding steroid dienone is 5. The maximum Gasteiger partial charge on any atom is 0.343 e. The lowest BCUT2D eigenvalue weighted by Gasteiger charge is -2.18. The van der Waals surface area contributed by atoms with Gasteiger partial charge in [-0.2, -0.15) is 8.42 Å². The number of hydrogen-bond acceptors (Lipinski definition) is 7. The Morgan fingerprint density at radius 3 is 2.41 bits per heavy atom. The normalized spacial score (nSPS) is 18.6. The first-order chi connectivity index (χ1) is 14.0. The molecule has 8 heteroatoms. The van der Waals surface area contributed by atoms with Gasteiger partial charge in [-0.1, -0.05) is 36.4 Å². The van der Waals surface area contributed by atoms with Crippen molar-refractivity contribution >= 4 is 21.7 Å². The number of carbonyl (C=O) groups excluding carboxylic acids is 1. The minimum atomic E-state index is -4.17. The number of aliphatic hydroxyl groups excluding tert-OH is 1. The smallest absolute Gasteiger partial charge is 0.343 e. The largest absolute Gasteiger partial charge is 0.504 e. The Labute approximate surface area is 167 Å². The maximum atomic E-state index is 12.5. The molecule has 2 aliphatic rings. The molecule has 0 amide bonds. The van der Waals surface area contributed by atoms with Crippen LogP contribution in [0, 0.1) is 0 Å². The summed E-state index contributed by atoms with van der Waals surface area (Å²) in [5.41, 5.74) is 0.734. The van der Waals surface area contributed by atoms with Gasteiger partial charge in [-0.25, -0.2) is 0 Å². The van der Waals surface area contributed by atoms with Crippen molar-refractivity contribution in [2.45, 2.75) is 12.8 Å². The Hall–Kier alpha value is -3.52. The molecule has 0 saturated carbocycles. The second-order valence-electron chi connectivity index (χ2n) is 6.30. The molecule has 148 valence electrons. The molecule has 0 radical (unpaired) electrons. The molecule has 0 bridgehead atoms. The first kappa shape index (κ1) is 18.8. The van der Waals surface area contributed by atoms with Crippen LogP contribution in [-0.2, 0) is 15.0 Å². The van der Waals surface area contributed by atoms with E-state index in [1.807, 2.05) is 0 Å². The molecule has 29 heavy (non-hydrogen) atoms. The van der Waals surface area contributed by atoms with Crippen molar-refractivity contribution in [3.05, 3.63) is 88.6 Å². The Balaban J connectivity index is 1.47. The fourth-order valence-corrected chi connectivity index (χ4v) is 3.99. The molecule has 0 aromatic heterocycles. The number of rotatable bonds is 4. The van der Waals surface area contributed by atoms with Crippen LogP contribution in [0.2, 0.25) is 0 Å². The molecular formula is C21H16O7S. The van der Waals surface area contributed by atoms with Crippen molar-refractivity contribution in [1.82, 2.24) is 0 Å². The van der Waals surface area contributed by atoms with E-state index < -0.39 is 20.8 Å². The number of ketones is 1. The molecule has 0 unspecified atom stereocenters. The summed E-state index contributed by atoms with van der Waals surface area (Å²) in [6, 6.07) is 13.1. The molecular weight excluding hydrogens is 396 g/mol. The zero-order valence-electron chi connectivity index (χ0n) is 15.1. The van der Waals surface area contributed by atoms with E-state index in [0.29, 0.717) is 24.2 Å². The summed E-state index contributed by atoms with van der Waals surface area (Å²) in [6.45, 7) is 0. The first-order valence-electron chi connectivity index (χ1n) is 8.78. The summed E-state index contributed by atoms with van der Waals surface area (Å²) in [6.07, 6.45) is 5.05. The van der Waals surface area contributed by atoms with Crippen LogP contribution < -0.4 is 9.07 Å². The van der Waals surface area contributed by atoms with Crippen molar-refractivity contribution in [3.8, 4) is 11.5 Å². The van der Waals surface area contributed by atoms with Gasteiger partial charge in [0, 0.05) is 6.42 Å².